The maximum Gasteiger partial charge on any atom is 0.254 e. The monoisotopic (exact) mass is 418 g/mol. The second-order valence-electron chi connectivity index (χ2n) is 8.46. The van der Waals surface area contributed by atoms with E-state index in [-0.39, 0.29) is 17.4 Å². The molecule has 2 aromatic carbocycles. The Kier molecular flexibility index (Phi) is 4.73. The highest BCUT2D eigenvalue weighted by Gasteiger charge is 2.40. The van der Waals surface area contributed by atoms with Crippen molar-refractivity contribution in [3.05, 3.63) is 69.0 Å². The van der Waals surface area contributed by atoms with Gasteiger partial charge in [-0.2, -0.15) is 0 Å². The Morgan fingerprint density at radius 1 is 1.06 bits per heavy atom. The Hall–Kier alpha value is -3.28. The summed E-state index contributed by atoms with van der Waals surface area (Å²) in [5.41, 5.74) is 4.27. The van der Waals surface area contributed by atoms with Gasteiger partial charge >= 0.3 is 0 Å². The first kappa shape index (κ1) is 19.7. The number of rotatable bonds is 4. The van der Waals surface area contributed by atoms with Crippen LogP contribution in [0.1, 0.15) is 41.1 Å². The number of aromatic nitrogens is 1. The third-order valence-electron chi connectivity index (χ3n) is 6.49. The maximum atomic E-state index is 13.3. The first-order valence-corrected chi connectivity index (χ1v) is 10.7. The summed E-state index contributed by atoms with van der Waals surface area (Å²) in [6, 6.07) is 11.3. The molecule has 31 heavy (non-hydrogen) atoms. The van der Waals surface area contributed by atoms with Gasteiger partial charge in [-0.05, 0) is 66.5 Å². The summed E-state index contributed by atoms with van der Waals surface area (Å²) in [7, 11) is 3.21. The molecule has 0 spiro atoms. The molecule has 0 unspecified atom stereocenters. The van der Waals surface area contributed by atoms with Gasteiger partial charge in [0.05, 0.1) is 25.8 Å². The Labute approximate surface area is 180 Å². The number of aromatic amines is 1. The van der Waals surface area contributed by atoms with Crippen LogP contribution in [-0.4, -0.2) is 36.6 Å². The first-order valence-electron chi connectivity index (χ1n) is 10.7. The van der Waals surface area contributed by atoms with E-state index in [4.69, 9.17) is 9.47 Å². The summed E-state index contributed by atoms with van der Waals surface area (Å²) >= 11 is 0. The Balaban J connectivity index is 1.73. The first-order chi connectivity index (χ1) is 15.0. The van der Waals surface area contributed by atoms with Crippen LogP contribution in [0.25, 0.3) is 10.9 Å². The van der Waals surface area contributed by atoms with E-state index in [1.54, 1.807) is 14.2 Å². The van der Waals surface area contributed by atoms with Gasteiger partial charge in [0, 0.05) is 18.0 Å². The highest BCUT2D eigenvalue weighted by molar-refractivity contribution is 5.84. The largest absolute Gasteiger partial charge is 0.493 e. The molecule has 1 aliphatic heterocycles. The van der Waals surface area contributed by atoms with Gasteiger partial charge in [0.25, 0.3) is 5.56 Å². The fourth-order valence-electron chi connectivity index (χ4n) is 4.69. The molecule has 1 atom stereocenters. The van der Waals surface area contributed by atoms with Crippen molar-refractivity contribution in [3.8, 4) is 11.5 Å². The van der Waals surface area contributed by atoms with Crippen molar-refractivity contribution in [2.75, 3.05) is 20.8 Å². The molecule has 6 heteroatoms. The van der Waals surface area contributed by atoms with Crippen molar-refractivity contribution in [2.24, 2.45) is 5.92 Å². The van der Waals surface area contributed by atoms with E-state index in [9.17, 15) is 9.59 Å². The Morgan fingerprint density at radius 3 is 2.52 bits per heavy atom. The molecule has 1 aromatic heterocycles. The molecular formula is C25H26N2O4. The van der Waals surface area contributed by atoms with Crippen LogP contribution >= 0.6 is 0 Å². The highest BCUT2D eigenvalue weighted by Crippen LogP contribution is 2.43. The van der Waals surface area contributed by atoms with Crippen LogP contribution in [0.5, 0.6) is 11.5 Å². The number of amides is 1. The minimum atomic E-state index is -0.453. The predicted molar refractivity (Wildman–Crippen MR) is 119 cm³/mol. The van der Waals surface area contributed by atoms with Crippen molar-refractivity contribution < 1.29 is 14.3 Å². The van der Waals surface area contributed by atoms with E-state index in [1.807, 2.05) is 48.2 Å². The number of nitrogens with zero attached hydrogens (tertiary/aromatic N) is 1. The maximum absolute atomic E-state index is 13.3. The topological polar surface area (TPSA) is 71.6 Å². The number of fused-ring (bicyclic) bond motifs is 2. The van der Waals surface area contributed by atoms with Crippen LogP contribution in [0.15, 0.2) is 41.2 Å². The Bertz CT molecular complexity index is 1240. The highest BCUT2D eigenvalue weighted by atomic mass is 16.5. The normalized spacial score (nSPS) is 18.0. The molecule has 1 amide bonds. The Morgan fingerprint density at radius 2 is 1.81 bits per heavy atom. The summed E-state index contributed by atoms with van der Waals surface area (Å²) < 4.78 is 11.0. The fraction of sp³-hybridized carbons (Fsp3) is 0.360. The summed E-state index contributed by atoms with van der Waals surface area (Å²) in [4.78, 5) is 31.4. The standard InChI is InChI=1S/C25H26N2O4/c1-14-5-4-6-17-11-19(24(28)26-22(14)17)23-18-13-21(31-3)20(30-2)12-16(18)9-10-27(23)25(29)15-7-8-15/h4-6,11-13,15,23H,7-10H2,1-3H3,(H,26,28)/t23-/m0/s1. The van der Waals surface area contributed by atoms with Crippen LogP contribution in [0.4, 0.5) is 0 Å². The van der Waals surface area contributed by atoms with Gasteiger partial charge in [0.2, 0.25) is 5.91 Å². The van der Waals surface area contributed by atoms with Crippen molar-refractivity contribution in [1.82, 2.24) is 9.88 Å². The van der Waals surface area contributed by atoms with Gasteiger partial charge in [-0.15, -0.1) is 0 Å². The number of nitrogens with one attached hydrogen (secondary N) is 1. The molecule has 1 fully saturated rings. The molecule has 1 saturated carbocycles. The van der Waals surface area contributed by atoms with Crippen molar-refractivity contribution >= 4 is 16.8 Å². The van der Waals surface area contributed by atoms with E-state index in [0.29, 0.717) is 23.6 Å². The number of methoxy groups -OCH3 is 2. The number of hydrogen-bond donors (Lipinski definition) is 1. The van der Waals surface area contributed by atoms with Crippen LogP contribution in [0.3, 0.4) is 0 Å². The summed E-state index contributed by atoms with van der Waals surface area (Å²) in [6.45, 7) is 2.56. The molecule has 0 radical (unpaired) electrons. The average Bonchev–Trinajstić information content (AvgIpc) is 3.62. The average molecular weight is 418 g/mol. The number of para-hydroxylation sites is 1. The lowest BCUT2D eigenvalue weighted by Gasteiger charge is -2.38. The van der Waals surface area contributed by atoms with Gasteiger partial charge in [-0.25, -0.2) is 0 Å². The molecule has 5 rings (SSSR count). The number of pyridine rings is 1. The molecule has 0 bridgehead atoms. The lowest BCUT2D eigenvalue weighted by atomic mass is 9.87. The number of H-pyrrole nitrogens is 1. The fourth-order valence-corrected chi connectivity index (χ4v) is 4.69. The number of ether oxygens (including phenoxy) is 2. The van der Waals surface area contributed by atoms with Crippen LogP contribution in [0, 0.1) is 12.8 Å². The molecule has 2 aliphatic rings. The molecule has 0 saturated heterocycles. The van der Waals surface area contributed by atoms with Gasteiger partial charge in [0.1, 0.15) is 0 Å². The zero-order chi connectivity index (χ0) is 21.7. The van der Waals surface area contributed by atoms with Crippen LogP contribution < -0.4 is 15.0 Å². The quantitative estimate of drug-likeness (QED) is 0.701. The second kappa shape index (κ2) is 7.45. The third-order valence-corrected chi connectivity index (χ3v) is 6.49. The zero-order valence-electron chi connectivity index (χ0n) is 18.0. The van der Waals surface area contributed by atoms with Crippen LogP contribution in [0.2, 0.25) is 0 Å². The number of hydrogen-bond acceptors (Lipinski definition) is 4. The SMILES string of the molecule is COc1cc2c(cc1OC)[C@@H](c1cc3cccc(C)c3[nH]c1=O)N(C(=O)C1CC1)CC2. The molecular weight excluding hydrogens is 392 g/mol. The smallest absolute Gasteiger partial charge is 0.254 e. The minimum Gasteiger partial charge on any atom is -0.493 e. The lowest BCUT2D eigenvalue weighted by molar-refractivity contribution is -0.134. The van der Waals surface area contributed by atoms with Gasteiger partial charge < -0.3 is 19.4 Å². The van der Waals surface area contributed by atoms with E-state index in [2.05, 4.69) is 4.98 Å². The van der Waals surface area contributed by atoms with Crippen molar-refractivity contribution in [1.29, 1.82) is 0 Å². The lowest BCUT2D eigenvalue weighted by Crippen LogP contribution is -2.43. The summed E-state index contributed by atoms with van der Waals surface area (Å²) in [5, 5.41) is 0.959. The molecule has 2 heterocycles. The van der Waals surface area contributed by atoms with Crippen LogP contribution in [-0.2, 0) is 11.2 Å². The van der Waals surface area contributed by atoms with Gasteiger partial charge in [0.15, 0.2) is 11.5 Å². The minimum absolute atomic E-state index is 0.0750. The number of benzene rings is 2. The van der Waals surface area contributed by atoms with E-state index >= 15 is 0 Å². The second-order valence-corrected chi connectivity index (χ2v) is 8.46. The predicted octanol–water partition coefficient (Wildman–Crippen LogP) is 3.74. The molecule has 160 valence electrons. The van der Waals surface area contributed by atoms with E-state index in [1.165, 1.54) is 0 Å². The molecule has 3 aromatic rings. The van der Waals surface area contributed by atoms with Gasteiger partial charge in [-0.3, -0.25) is 9.59 Å². The third kappa shape index (κ3) is 3.26. The summed E-state index contributed by atoms with van der Waals surface area (Å²) in [5.74, 6) is 1.46. The summed E-state index contributed by atoms with van der Waals surface area (Å²) in [6.07, 6.45) is 2.57. The number of carbonyl (C=O) groups excluding carboxylic acids is 1. The molecule has 1 aliphatic carbocycles. The zero-order valence-corrected chi connectivity index (χ0v) is 18.0. The van der Waals surface area contributed by atoms with Gasteiger partial charge in [-0.1, -0.05) is 18.2 Å². The van der Waals surface area contributed by atoms with E-state index in [0.717, 1.165) is 46.9 Å². The molecule has 1 N–H and O–H groups in total. The van der Waals surface area contributed by atoms with E-state index < -0.39 is 6.04 Å². The number of carbonyl (C=O) groups is 1. The van der Waals surface area contributed by atoms with Crippen molar-refractivity contribution in [3.63, 3.8) is 0 Å². The van der Waals surface area contributed by atoms with Crippen molar-refractivity contribution in [2.45, 2.75) is 32.2 Å². The molecule has 6 nitrogen and oxygen atoms in total. The number of aryl methyl sites for hydroxylation is 1.